The van der Waals surface area contributed by atoms with E-state index in [4.69, 9.17) is 0 Å². The van der Waals surface area contributed by atoms with Crippen LogP contribution >= 0.6 is 0 Å². The van der Waals surface area contributed by atoms with Crippen LogP contribution in [-0.4, -0.2) is 21.1 Å². The molecule has 2 atom stereocenters. The third kappa shape index (κ3) is 3.11. The van der Waals surface area contributed by atoms with Gasteiger partial charge in [0.15, 0.2) is 5.78 Å². The predicted octanol–water partition coefficient (Wildman–Crippen LogP) is 7.01. The van der Waals surface area contributed by atoms with Gasteiger partial charge in [0.1, 0.15) is 0 Å². The van der Waals surface area contributed by atoms with Crippen LogP contribution in [0.1, 0.15) is 136 Å². The summed E-state index contributed by atoms with van der Waals surface area (Å²) in [5.74, 6) is -0.124. The van der Waals surface area contributed by atoms with Gasteiger partial charge in [0.05, 0.1) is 16.8 Å². The lowest BCUT2D eigenvalue weighted by Crippen LogP contribution is -2.46. The van der Waals surface area contributed by atoms with Crippen molar-refractivity contribution >= 4 is 5.78 Å². The first-order valence-electron chi connectivity index (χ1n) is 15.9. The van der Waals surface area contributed by atoms with E-state index in [1.165, 1.54) is 38.5 Å². The molecule has 6 aliphatic carbocycles. The highest BCUT2D eigenvalue weighted by molar-refractivity contribution is 6.10. The predicted molar refractivity (Wildman–Crippen MR) is 154 cm³/mol. The van der Waals surface area contributed by atoms with Gasteiger partial charge in [-0.2, -0.15) is 0 Å². The van der Waals surface area contributed by atoms with Crippen molar-refractivity contribution in [1.82, 2.24) is 0 Å². The molecule has 6 aliphatic rings. The SMILES string of the molecule is CC(C)(O)c1cc(C2(O)CCCC3(CC3)C23CC3)ccc1C(=O)c1ccc(C2(O)CCCC3(CC3)C23CC3)cc1. The van der Waals surface area contributed by atoms with Gasteiger partial charge >= 0.3 is 0 Å². The molecule has 3 N–H and O–H groups in total. The van der Waals surface area contributed by atoms with Gasteiger partial charge in [-0.15, -0.1) is 0 Å². The minimum Gasteiger partial charge on any atom is -0.386 e. The lowest BCUT2D eigenvalue weighted by Gasteiger charge is -2.47. The van der Waals surface area contributed by atoms with E-state index >= 15 is 0 Å². The molecular weight excluding hydrogens is 496 g/mol. The van der Waals surface area contributed by atoms with E-state index in [2.05, 4.69) is 0 Å². The molecule has 212 valence electrons. The Morgan fingerprint density at radius 2 is 1.12 bits per heavy atom. The average molecular weight is 541 g/mol. The number of fused-ring (bicyclic) bond motifs is 2. The zero-order valence-electron chi connectivity index (χ0n) is 24.2. The maximum atomic E-state index is 13.9. The molecule has 0 amide bonds. The van der Waals surface area contributed by atoms with Crippen LogP contribution in [0.25, 0.3) is 0 Å². The molecule has 0 radical (unpaired) electrons. The minimum absolute atomic E-state index is 0.0328. The summed E-state index contributed by atoms with van der Waals surface area (Å²) in [7, 11) is 0. The molecular formula is C36H44O4. The van der Waals surface area contributed by atoms with E-state index in [-0.39, 0.29) is 16.6 Å². The van der Waals surface area contributed by atoms with Gasteiger partial charge in [0, 0.05) is 22.0 Å². The number of hydrogen-bond donors (Lipinski definition) is 3. The summed E-state index contributed by atoms with van der Waals surface area (Å²) in [6.45, 7) is 3.46. The topological polar surface area (TPSA) is 77.8 Å². The van der Waals surface area contributed by atoms with Crippen molar-refractivity contribution < 1.29 is 20.1 Å². The lowest BCUT2D eigenvalue weighted by molar-refractivity contribution is -0.107. The van der Waals surface area contributed by atoms with E-state index < -0.39 is 16.8 Å². The minimum atomic E-state index is -1.23. The second kappa shape index (κ2) is 7.68. The van der Waals surface area contributed by atoms with E-state index in [9.17, 15) is 20.1 Å². The van der Waals surface area contributed by atoms with E-state index in [1.807, 2.05) is 42.5 Å². The number of carbonyl (C=O) groups is 1. The van der Waals surface area contributed by atoms with Crippen molar-refractivity contribution in [1.29, 1.82) is 0 Å². The fourth-order valence-corrected chi connectivity index (χ4v) is 10.5. The molecule has 0 heterocycles. The Balaban J connectivity index is 1.13. The standard InChI is InChI=1S/C36H44O4/c1-30(2,38)28-23-26(36(40)14-4-12-32(17-18-32)34(36)21-22-34)9-10-27(28)29(37)24-5-7-25(8-6-24)35(39)13-3-11-31(15-16-31)33(35)19-20-33/h5-10,23,38-40H,3-4,11-22H2,1-2H3. The van der Waals surface area contributed by atoms with Gasteiger partial charge in [0.25, 0.3) is 0 Å². The molecule has 6 saturated carbocycles. The van der Waals surface area contributed by atoms with Crippen LogP contribution in [-0.2, 0) is 16.8 Å². The summed E-state index contributed by atoms with van der Waals surface area (Å²) in [6, 6.07) is 13.4. The third-order valence-corrected chi connectivity index (χ3v) is 13.2. The Morgan fingerprint density at radius 1 is 0.650 bits per heavy atom. The molecule has 2 aromatic carbocycles. The second-order valence-corrected chi connectivity index (χ2v) is 15.4. The van der Waals surface area contributed by atoms with Crippen LogP contribution in [0.4, 0.5) is 0 Å². The molecule has 0 aromatic heterocycles. The lowest BCUT2D eigenvalue weighted by atomic mass is 9.61. The molecule has 4 heteroatoms. The third-order valence-electron chi connectivity index (χ3n) is 13.2. The van der Waals surface area contributed by atoms with Gasteiger partial charge in [-0.1, -0.05) is 36.4 Å². The average Bonchev–Trinajstić information content (AvgIpc) is 3.74. The fourth-order valence-electron chi connectivity index (χ4n) is 10.5. The summed E-state index contributed by atoms with van der Waals surface area (Å²) < 4.78 is 0. The maximum Gasteiger partial charge on any atom is 0.193 e. The number of benzene rings is 2. The van der Waals surface area contributed by atoms with Crippen LogP contribution in [0, 0.1) is 21.7 Å². The van der Waals surface area contributed by atoms with Crippen LogP contribution in [0.15, 0.2) is 42.5 Å². The quantitative estimate of drug-likeness (QED) is 0.357. The molecule has 0 saturated heterocycles. The van der Waals surface area contributed by atoms with Gasteiger partial charge in [-0.25, -0.2) is 0 Å². The van der Waals surface area contributed by atoms with Crippen molar-refractivity contribution in [2.45, 2.75) is 121 Å². The molecule has 0 aliphatic heterocycles. The van der Waals surface area contributed by atoms with E-state index in [0.29, 0.717) is 27.5 Å². The number of aliphatic hydroxyl groups is 3. The molecule has 40 heavy (non-hydrogen) atoms. The largest absolute Gasteiger partial charge is 0.386 e. The Kier molecular flexibility index (Phi) is 4.93. The highest BCUT2D eigenvalue weighted by atomic mass is 16.3. The molecule has 8 rings (SSSR count). The Morgan fingerprint density at radius 3 is 1.57 bits per heavy atom. The van der Waals surface area contributed by atoms with Crippen molar-refractivity contribution in [3.05, 3.63) is 70.3 Å². The monoisotopic (exact) mass is 540 g/mol. The second-order valence-electron chi connectivity index (χ2n) is 15.4. The fraction of sp³-hybridized carbons (Fsp3) is 0.639. The highest BCUT2D eigenvalue weighted by Crippen LogP contribution is 2.81. The molecule has 6 fully saturated rings. The van der Waals surface area contributed by atoms with Gasteiger partial charge < -0.3 is 15.3 Å². The van der Waals surface area contributed by atoms with Crippen LogP contribution in [0.3, 0.4) is 0 Å². The molecule has 4 nitrogen and oxygen atoms in total. The van der Waals surface area contributed by atoms with E-state index in [0.717, 1.165) is 62.5 Å². The summed E-state index contributed by atoms with van der Waals surface area (Å²) in [4.78, 5) is 13.9. The van der Waals surface area contributed by atoms with Gasteiger partial charge in [-0.3, -0.25) is 4.79 Å². The van der Waals surface area contributed by atoms with Crippen LogP contribution in [0.2, 0.25) is 0 Å². The first kappa shape index (κ1) is 25.7. The summed E-state index contributed by atoms with van der Waals surface area (Å²) in [6.07, 6.45) is 15.4. The number of carbonyl (C=O) groups excluding carboxylic acids is 1. The molecule has 2 aromatic rings. The first-order valence-corrected chi connectivity index (χ1v) is 15.9. The maximum absolute atomic E-state index is 13.9. The number of ketones is 1. The Hall–Kier alpha value is -2.01. The normalized spacial score (nSPS) is 33.3. The van der Waals surface area contributed by atoms with Crippen molar-refractivity contribution in [3.63, 3.8) is 0 Å². The Labute approximate surface area is 238 Å². The zero-order valence-corrected chi connectivity index (χ0v) is 24.2. The van der Waals surface area contributed by atoms with Crippen molar-refractivity contribution in [2.24, 2.45) is 21.7 Å². The number of hydrogen-bond acceptors (Lipinski definition) is 4. The smallest absolute Gasteiger partial charge is 0.193 e. The zero-order chi connectivity index (χ0) is 27.8. The van der Waals surface area contributed by atoms with Crippen molar-refractivity contribution in [3.8, 4) is 0 Å². The summed E-state index contributed by atoms with van der Waals surface area (Å²) in [5, 5.41) is 35.5. The summed E-state index contributed by atoms with van der Waals surface area (Å²) >= 11 is 0. The molecule has 0 bridgehead atoms. The van der Waals surface area contributed by atoms with Crippen LogP contribution < -0.4 is 0 Å². The number of rotatable bonds is 5. The molecule has 2 unspecified atom stereocenters. The van der Waals surface area contributed by atoms with Crippen molar-refractivity contribution in [2.75, 3.05) is 0 Å². The van der Waals surface area contributed by atoms with Gasteiger partial charge in [-0.05, 0) is 137 Å². The Bertz CT molecular complexity index is 1400. The summed E-state index contributed by atoms with van der Waals surface area (Å²) in [5.41, 5.74) is 1.18. The first-order chi connectivity index (χ1) is 19.0. The highest BCUT2D eigenvalue weighted by Gasteiger charge is 2.75. The molecule has 4 spiro atoms. The van der Waals surface area contributed by atoms with E-state index in [1.54, 1.807) is 13.8 Å². The van der Waals surface area contributed by atoms with Crippen LogP contribution in [0.5, 0.6) is 0 Å². The van der Waals surface area contributed by atoms with Gasteiger partial charge in [0.2, 0.25) is 0 Å².